The SMILES string of the molecule is CN(C)C(=O)/C(=C/c1ccccc1F)NC(=O)c1ccccc1. The second kappa shape index (κ2) is 7.35. The van der Waals surface area contributed by atoms with Gasteiger partial charge in [-0.1, -0.05) is 36.4 Å². The van der Waals surface area contributed by atoms with Crippen LogP contribution >= 0.6 is 0 Å². The van der Waals surface area contributed by atoms with E-state index in [1.54, 1.807) is 56.6 Å². The minimum Gasteiger partial charge on any atom is -0.344 e. The Morgan fingerprint density at radius 1 is 1.00 bits per heavy atom. The molecule has 0 radical (unpaired) electrons. The van der Waals surface area contributed by atoms with Gasteiger partial charge < -0.3 is 10.2 Å². The zero-order valence-electron chi connectivity index (χ0n) is 12.9. The van der Waals surface area contributed by atoms with Gasteiger partial charge in [0.15, 0.2) is 0 Å². The highest BCUT2D eigenvalue weighted by Gasteiger charge is 2.16. The van der Waals surface area contributed by atoms with E-state index < -0.39 is 17.6 Å². The fourth-order valence-corrected chi connectivity index (χ4v) is 1.92. The summed E-state index contributed by atoms with van der Waals surface area (Å²) in [5.74, 6) is -1.31. The lowest BCUT2D eigenvalue weighted by atomic mass is 10.1. The van der Waals surface area contributed by atoms with Crippen LogP contribution in [0.2, 0.25) is 0 Å². The number of carbonyl (C=O) groups excluding carboxylic acids is 2. The molecule has 0 fully saturated rings. The van der Waals surface area contributed by atoms with E-state index in [9.17, 15) is 14.0 Å². The molecule has 0 saturated carbocycles. The molecule has 4 nitrogen and oxygen atoms in total. The van der Waals surface area contributed by atoms with Gasteiger partial charge in [0, 0.05) is 25.2 Å². The lowest BCUT2D eigenvalue weighted by molar-refractivity contribution is -0.124. The third kappa shape index (κ3) is 4.26. The Hall–Kier alpha value is -2.95. The van der Waals surface area contributed by atoms with Crippen molar-refractivity contribution < 1.29 is 14.0 Å². The fourth-order valence-electron chi connectivity index (χ4n) is 1.92. The van der Waals surface area contributed by atoms with E-state index in [4.69, 9.17) is 0 Å². The Kier molecular flexibility index (Phi) is 5.25. The Labute approximate surface area is 134 Å². The van der Waals surface area contributed by atoms with Crippen LogP contribution in [0.5, 0.6) is 0 Å². The number of carbonyl (C=O) groups is 2. The Morgan fingerprint density at radius 2 is 1.61 bits per heavy atom. The summed E-state index contributed by atoms with van der Waals surface area (Å²) in [6.07, 6.45) is 1.33. The number of hydrogen-bond acceptors (Lipinski definition) is 2. The molecular weight excluding hydrogens is 295 g/mol. The average molecular weight is 312 g/mol. The normalized spacial score (nSPS) is 11.0. The molecule has 0 spiro atoms. The number of amides is 2. The fraction of sp³-hybridized carbons (Fsp3) is 0.111. The molecule has 0 bridgehead atoms. The maximum Gasteiger partial charge on any atom is 0.269 e. The topological polar surface area (TPSA) is 49.4 Å². The Balaban J connectivity index is 2.34. The zero-order valence-corrected chi connectivity index (χ0v) is 12.9. The minimum absolute atomic E-state index is 0.00829. The quantitative estimate of drug-likeness (QED) is 0.883. The van der Waals surface area contributed by atoms with Gasteiger partial charge in [-0.3, -0.25) is 9.59 Å². The van der Waals surface area contributed by atoms with Crippen LogP contribution in [-0.2, 0) is 4.79 Å². The van der Waals surface area contributed by atoms with E-state index in [2.05, 4.69) is 5.32 Å². The molecule has 23 heavy (non-hydrogen) atoms. The lowest BCUT2D eigenvalue weighted by Crippen LogP contribution is -2.34. The first-order valence-corrected chi connectivity index (χ1v) is 7.03. The summed E-state index contributed by atoms with van der Waals surface area (Å²) < 4.78 is 13.8. The van der Waals surface area contributed by atoms with Crippen molar-refractivity contribution in [3.8, 4) is 0 Å². The maximum atomic E-state index is 13.8. The molecule has 2 aromatic rings. The molecule has 2 aromatic carbocycles. The third-order valence-electron chi connectivity index (χ3n) is 3.13. The van der Waals surface area contributed by atoms with Crippen LogP contribution in [0.15, 0.2) is 60.3 Å². The highest BCUT2D eigenvalue weighted by molar-refractivity contribution is 6.05. The number of likely N-dealkylation sites (N-methyl/N-ethyl adjacent to an activating group) is 1. The molecule has 0 aliphatic carbocycles. The number of rotatable bonds is 4. The molecule has 5 heteroatoms. The van der Waals surface area contributed by atoms with Crippen LogP contribution in [0, 0.1) is 5.82 Å². The van der Waals surface area contributed by atoms with Gasteiger partial charge in [-0.25, -0.2) is 4.39 Å². The first-order chi connectivity index (χ1) is 11.0. The van der Waals surface area contributed by atoms with E-state index >= 15 is 0 Å². The van der Waals surface area contributed by atoms with E-state index in [0.29, 0.717) is 5.56 Å². The van der Waals surface area contributed by atoms with Crippen molar-refractivity contribution in [3.05, 3.63) is 77.2 Å². The number of nitrogens with one attached hydrogen (secondary N) is 1. The second-order valence-corrected chi connectivity index (χ2v) is 5.10. The van der Waals surface area contributed by atoms with Crippen LogP contribution in [0.3, 0.4) is 0 Å². The van der Waals surface area contributed by atoms with E-state index in [-0.39, 0.29) is 11.3 Å². The minimum atomic E-state index is -0.467. The molecule has 0 aliphatic heterocycles. The van der Waals surface area contributed by atoms with Crippen molar-refractivity contribution in [1.29, 1.82) is 0 Å². The number of hydrogen-bond donors (Lipinski definition) is 1. The molecule has 2 rings (SSSR count). The molecular formula is C18H17FN2O2. The maximum absolute atomic E-state index is 13.8. The summed E-state index contributed by atoms with van der Waals surface area (Å²) >= 11 is 0. The molecule has 0 aromatic heterocycles. The van der Waals surface area contributed by atoms with E-state index in [0.717, 1.165) is 0 Å². The zero-order chi connectivity index (χ0) is 16.8. The predicted octanol–water partition coefficient (Wildman–Crippen LogP) is 2.68. The Morgan fingerprint density at radius 3 is 2.22 bits per heavy atom. The number of halogens is 1. The van der Waals surface area contributed by atoms with Gasteiger partial charge in [0.1, 0.15) is 11.5 Å². The van der Waals surface area contributed by atoms with E-state index in [1.807, 2.05) is 0 Å². The van der Waals surface area contributed by atoms with Crippen molar-refractivity contribution in [2.24, 2.45) is 0 Å². The molecule has 0 heterocycles. The second-order valence-electron chi connectivity index (χ2n) is 5.10. The first kappa shape index (κ1) is 16.4. The Bertz CT molecular complexity index is 740. The van der Waals surface area contributed by atoms with Crippen LogP contribution in [0.1, 0.15) is 15.9 Å². The van der Waals surface area contributed by atoms with Gasteiger partial charge in [-0.2, -0.15) is 0 Å². The van der Waals surface area contributed by atoms with Crippen molar-refractivity contribution in [2.45, 2.75) is 0 Å². The van der Waals surface area contributed by atoms with Gasteiger partial charge >= 0.3 is 0 Å². The summed E-state index contributed by atoms with van der Waals surface area (Å²) in [5, 5.41) is 2.55. The van der Waals surface area contributed by atoms with Gasteiger partial charge in [0.05, 0.1) is 0 Å². The molecule has 2 amide bonds. The van der Waals surface area contributed by atoms with Gasteiger partial charge in [0.2, 0.25) is 0 Å². The van der Waals surface area contributed by atoms with Crippen molar-refractivity contribution >= 4 is 17.9 Å². The summed E-state index contributed by atoms with van der Waals surface area (Å²) in [7, 11) is 3.12. The van der Waals surface area contributed by atoms with Gasteiger partial charge in [0.25, 0.3) is 11.8 Å². The summed E-state index contributed by atoms with van der Waals surface area (Å²) in [6, 6.07) is 14.6. The highest BCUT2D eigenvalue weighted by atomic mass is 19.1. The standard InChI is InChI=1S/C18H17FN2O2/c1-21(2)18(23)16(12-14-10-6-7-11-15(14)19)20-17(22)13-8-4-3-5-9-13/h3-12H,1-2H3,(H,20,22)/b16-12-. The van der Waals surface area contributed by atoms with Gasteiger partial charge in [-0.05, 0) is 24.3 Å². The van der Waals surface area contributed by atoms with Crippen LogP contribution in [-0.4, -0.2) is 30.8 Å². The molecule has 0 saturated heterocycles. The first-order valence-electron chi connectivity index (χ1n) is 7.03. The smallest absolute Gasteiger partial charge is 0.269 e. The molecule has 1 N–H and O–H groups in total. The monoisotopic (exact) mass is 312 g/mol. The number of benzene rings is 2. The predicted molar refractivity (Wildman–Crippen MR) is 87.0 cm³/mol. The van der Waals surface area contributed by atoms with Gasteiger partial charge in [-0.15, -0.1) is 0 Å². The average Bonchev–Trinajstić information content (AvgIpc) is 2.56. The highest BCUT2D eigenvalue weighted by Crippen LogP contribution is 2.12. The van der Waals surface area contributed by atoms with Crippen molar-refractivity contribution in [2.75, 3.05) is 14.1 Å². The lowest BCUT2D eigenvalue weighted by Gasteiger charge is -2.15. The van der Waals surface area contributed by atoms with Crippen LogP contribution in [0.25, 0.3) is 6.08 Å². The summed E-state index contributed by atoms with van der Waals surface area (Å²) in [4.78, 5) is 25.8. The number of nitrogens with zero attached hydrogens (tertiary/aromatic N) is 1. The molecule has 0 atom stereocenters. The molecule has 118 valence electrons. The van der Waals surface area contributed by atoms with Crippen molar-refractivity contribution in [3.63, 3.8) is 0 Å². The largest absolute Gasteiger partial charge is 0.344 e. The van der Waals surface area contributed by atoms with Crippen LogP contribution in [0.4, 0.5) is 4.39 Å². The summed E-state index contributed by atoms with van der Waals surface area (Å²) in [5.41, 5.74) is 0.651. The molecule has 0 aliphatic rings. The summed E-state index contributed by atoms with van der Waals surface area (Å²) in [6.45, 7) is 0. The third-order valence-corrected chi connectivity index (χ3v) is 3.13. The van der Waals surface area contributed by atoms with Crippen molar-refractivity contribution in [1.82, 2.24) is 10.2 Å². The van der Waals surface area contributed by atoms with E-state index in [1.165, 1.54) is 23.1 Å². The molecule has 0 unspecified atom stereocenters. The van der Waals surface area contributed by atoms with Crippen LogP contribution < -0.4 is 5.32 Å².